The number of benzene rings is 2. The van der Waals surface area contributed by atoms with Crippen molar-refractivity contribution >= 4 is 11.6 Å². The van der Waals surface area contributed by atoms with Gasteiger partial charge in [0.15, 0.2) is 12.4 Å². The lowest BCUT2D eigenvalue weighted by Crippen LogP contribution is -2.50. The van der Waals surface area contributed by atoms with Gasteiger partial charge in [-0.2, -0.15) is 4.98 Å². The third kappa shape index (κ3) is 4.56. The summed E-state index contributed by atoms with van der Waals surface area (Å²) < 4.78 is 10.9. The van der Waals surface area contributed by atoms with Gasteiger partial charge in [0.25, 0.3) is 11.8 Å². The molecule has 0 bridgehead atoms. The van der Waals surface area contributed by atoms with E-state index in [2.05, 4.69) is 27.2 Å². The highest BCUT2D eigenvalue weighted by atomic mass is 16.5. The third-order valence-corrected chi connectivity index (χ3v) is 5.00. The van der Waals surface area contributed by atoms with E-state index >= 15 is 0 Å². The summed E-state index contributed by atoms with van der Waals surface area (Å²) in [5.74, 6) is 1.81. The third-order valence-electron chi connectivity index (χ3n) is 5.00. The number of aryl methyl sites for hydroxylation is 1. The number of nitrogens with zero attached hydrogens (tertiary/aromatic N) is 4. The zero-order chi connectivity index (χ0) is 20.1. The number of carbonyl (C=O) groups is 1. The predicted molar refractivity (Wildman–Crippen MR) is 110 cm³/mol. The van der Waals surface area contributed by atoms with Crippen LogP contribution in [0.5, 0.6) is 5.75 Å². The van der Waals surface area contributed by atoms with Crippen LogP contribution in [0.3, 0.4) is 0 Å². The zero-order valence-corrected chi connectivity index (χ0v) is 16.5. The molecule has 7 heteroatoms. The first-order chi connectivity index (χ1) is 14.2. The van der Waals surface area contributed by atoms with E-state index in [4.69, 9.17) is 9.26 Å². The topological polar surface area (TPSA) is 71.7 Å². The van der Waals surface area contributed by atoms with E-state index in [0.29, 0.717) is 30.6 Å². The molecule has 1 aromatic heterocycles. The number of carbonyl (C=O) groups excluding carboxylic acids is 1. The van der Waals surface area contributed by atoms with E-state index in [9.17, 15) is 4.79 Å². The molecule has 1 fully saturated rings. The molecule has 0 radical (unpaired) electrons. The molecular formula is C22H24N4O3. The fourth-order valence-electron chi connectivity index (χ4n) is 3.30. The second-order valence-corrected chi connectivity index (χ2v) is 6.89. The standard InChI is InChI=1S/C22H24N4O3/c1-2-20-23-22(29-24-20)17-8-10-19(11-9-17)28-16-21(27)26-14-12-25(13-15-26)18-6-4-3-5-7-18/h3-11H,2,12-16H2,1H3. The summed E-state index contributed by atoms with van der Waals surface area (Å²) in [4.78, 5) is 21.0. The van der Waals surface area contributed by atoms with E-state index in [1.54, 1.807) is 0 Å². The van der Waals surface area contributed by atoms with Gasteiger partial charge in [-0.3, -0.25) is 4.79 Å². The van der Waals surface area contributed by atoms with Gasteiger partial charge in [0.2, 0.25) is 0 Å². The van der Waals surface area contributed by atoms with Crippen molar-refractivity contribution in [3.63, 3.8) is 0 Å². The lowest BCUT2D eigenvalue weighted by molar-refractivity contribution is -0.133. The Hall–Kier alpha value is -3.35. The minimum Gasteiger partial charge on any atom is -0.484 e. The van der Waals surface area contributed by atoms with Crippen LogP contribution in [0, 0.1) is 0 Å². The van der Waals surface area contributed by atoms with E-state index in [1.807, 2.05) is 54.3 Å². The Labute approximate surface area is 169 Å². The zero-order valence-electron chi connectivity index (χ0n) is 16.5. The summed E-state index contributed by atoms with van der Waals surface area (Å²) in [6.45, 7) is 5.07. The van der Waals surface area contributed by atoms with E-state index in [-0.39, 0.29) is 12.5 Å². The van der Waals surface area contributed by atoms with Crippen molar-refractivity contribution in [2.45, 2.75) is 13.3 Å². The molecule has 150 valence electrons. The molecule has 1 aliphatic rings. The van der Waals surface area contributed by atoms with Gasteiger partial charge in [0, 0.05) is 43.9 Å². The highest BCUT2D eigenvalue weighted by molar-refractivity contribution is 5.78. The van der Waals surface area contributed by atoms with Crippen LogP contribution in [-0.2, 0) is 11.2 Å². The largest absolute Gasteiger partial charge is 0.484 e. The summed E-state index contributed by atoms with van der Waals surface area (Å²) in [5, 5.41) is 3.90. The summed E-state index contributed by atoms with van der Waals surface area (Å²) in [5.41, 5.74) is 2.02. The lowest BCUT2D eigenvalue weighted by atomic mass is 10.2. The SMILES string of the molecule is CCc1noc(-c2ccc(OCC(=O)N3CCN(c4ccccc4)CC3)cc2)n1. The first kappa shape index (κ1) is 19.0. The number of piperazine rings is 1. The maximum absolute atomic E-state index is 12.5. The predicted octanol–water partition coefficient (Wildman–Crippen LogP) is 3.03. The molecule has 0 aliphatic carbocycles. The van der Waals surface area contributed by atoms with Crippen LogP contribution in [0.2, 0.25) is 0 Å². The van der Waals surface area contributed by atoms with Crippen molar-refractivity contribution in [2.75, 3.05) is 37.7 Å². The fraction of sp³-hybridized carbons (Fsp3) is 0.318. The van der Waals surface area contributed by atoms with Gasteiger partial charge in [-0.05, 0) is 36.4 Å². The number of rotatable bonds is 6. The van der Waals surface area contributed by atoms with Crippen LogP contribution in [-0.4, -0.2) is 53.7 Å². The van der Waals surface area contributed by atoms with Gasteiger partial charge in [-0.15, -0.1) is 0 Å². The fourth-order valence-corrected chi connectivity index (χ4v) is 3.30. The Bertz CT molecular complexity index is 932. The minimum absolute atomic E-state index is 0.00581. The summed E-state index contributed by atoms with van der Waals surface area (Å²) >= 11 is 0. The maximum Gasteiger partial charge on any atom is 0.260 e. The monoisotopic (exact) mass is 392 g/mol. The number of hydrogen-bond acceptors (Lipinski definition) is 6. The van der Waals surface area contributed by atoms with Gasteiger partial charge in [0.1, 0.15) is 5.75 Å². The van der Waals surface area contributed by atoms with Gasteiger partial charge in [-0.25, -0.2) is 0 Å². The Morgan fingerprint density at radius 3 is 2.41 bits per heavy atom. The van der Waals surface area contributed by atoms with E-state index in [0.717, 1.165) is 25.1 Å². The number of hydrogen-bond donors (Lipinski definition) is 0. The summed E-state index contributed by atoms with van der Waals surface area (Å²) in [6, 6.07) is 17.6. The molecular weight excluding hydrogens is 368 g/mol. The molecule has 4 rings (SSSR count). The van der Waals surface area contributed by atoms with Crippen molar-refractivity contribution in [3.05, 3.63) is 60.4 Å². The summed E-state index contributed by atoms with van der Waals surface area (Å²) in [6.07, 6.45) is 0.729. The molecule has 0 N–H and O–H groups in total. The Balaban J connectivity index is 1.26. The average molecular weight is 392 g/mol. The molecule has 1 amide bonds. The molecule has 2 aromatic carbocycles. The highest BCUT2D eigenvalue weighted by Gasteiger charge is 2.21. The number of anilines is 1. The van der Waals surface area contributed by atoms with E-state index in [1.165, 1.54) is 5.69 Å². The van der Waals surface area contributed by atoms with Gasteiger partial charge < -0.3 is 19.1 Å². The molecule has 0 unspecified atom stereocenters. The number of para-hydroxylation sites is 1. The van der Waals surface area contributed by atoms with Crippen LogP contribution in [0.25, 0.3) is 11.5 Å². The first-order valence-electron chi connectivity index (χ1n) is 9.86. The number of amides is 1. The molecule has 29 heavy (non-hydrogen) atoms. The Kier molecular flexibility index (Phi) is 5.74. The molecule has 3 aromatic rings. The Morgan fingerprint density at radius 1 is 1.03 bits per heavy atom. The first-order valence-corrected chi connectivity index (χ1v) is 9.86. The van der Waals surface area contributed by atoms with Crippen molar-refractivity contribution in [3.8, 4) is 17.2 Å². The molecule has 0 saturated carbocycles. The lowest BCUT2D eigenvalue weighted by Gasteiger charge is -2.36. The molecule has 0 atom stereocenters. The quantitative estimate of drug-likeness (QED) is 0.642. The maximum atomic E-state index is 12.5. The summed E-state index contributed by atoms with van der Waals surface area (Å²) in [7, 11) is 0. The van der Waals surface area contributed by atoms with Crippen molar-refractivity contribution < 1.29 is 14.1 Å². The molecule has 1 aliphatic heterocycles. The molecule has 1 saturated heterocycles. The molecule has 2 heterocycles. The highest BCUT2D eigenvalue weighted by Crippen LogP contribution is 2.21. The van der Waals surface area contributed by atoms with Crippen LogP contribution in [0.1, 0.15) is 12.7 Å². The van der Waals surface area contributed by atoms with Crippen LogP contribution in [0.4, 0.5) is 5.69 Å². The van der Waals surface area contributed by atoms with Crippen molar-refractivity contribution in [1.29, 1.82) is 0 Å². The second kappa shape index (κ2) is 8.77. The number of aromatic nitrogens is 2. The Morgan fingerprint density at radius 2 is 1.76 bits per heavy atom. The van der Waals surface area contributed by atoms with Gasteiger partial charge in [-0.1, -0.05) is 30.3 Å². The van der Waals surface area contributed by atoms with Crippen LogP contribution in [0.15, 0.2) is 59.1 Å². The normalized spacial score (nSPS) is 14.1. The van der Waals surface area contributed by atoms with Crippen molar-refractivity contribution in [1.82, 2.24) is 15.0 Å². The minimum atomic E-state index is 0.00581. The molecule has 7 nitrogen and oxygen atoms in total. The smallest absolute Gasteiger partial charge is 0.260 e. The van der Waals surface area contributed by atoms with Gasteiger partial charge >= 0.3 is 0 Å². The second-order valence-electron chi connectivity index (χ2n) is 6.89. The van der Waals surface area contributed by atoms with Crippen LogP contribution < -0.4 is 9.64 Å². The van der Waals surface area contributed by atoms with Crippen molar-refractivity contribution in [2.24, 2.45) is 0 Å². The van der Waals surface area contributed by atoms with E-state index < -0.39 is 0 Å². The van der Waals surface area contributed by atoms with Crippen LogP contribution >= 0.6 is 0 Å². The molecule has 0 spiro atoms. The van der Waals surface area contributed by atoms with Gasteiger partial charge in [0.05, 0.1) is 0 Å². The average Bonchev–Trinajstić information content (AvgIpc) is 3.28. The number of ether oxygens (including phenoxy) is 1.